The van der Waals surface area contributed by atoms with Gasteiger partial charge in [0.2, 0.25) is 0 Å². The Bertz CT molecular complexity index is 593. The van der Waals surface area contributed by atoms with Crippen molar-refractivity contribution in [2.75, 3.05) is 5.32 Å². The monoisotopic (exact) mass is 286 g/mol. The summed E-state index contributed by atoms with van der Waals surface area (Å²) in [4.78, 5) is 12.2. The maximum Gasteiger partial charge on any atom is 0.269 e. The van der Waals surface area contributed by atoms with E-state index in [1.54, 1.807) is 6.07 Å². The Morgan fingerprint density at radius 2 is 2.00 bits per heavy atom. The topological polar surface area (TPSA) is 73.1 Å². The Balaban J connectivity index is 3.10. The summed E-state index contributed by atoms with van der Waals surface area (Å²) >= 11 is 0. The molecule has 0 radical (unpaired) electrons. The van der Waals surface area contributed by atoms with E-state index in [0.29, 0.717) is 18.5 Å². The number of nitrogens with zero attached hydrogens (tertiary/aromatic N) is 1. The molecule has 2 N–H and O–H groups in total. The van der Waals surface area contributed by atoms with Crippen molar-refractivity contribution in [1.82, 2.24) is 0 Å². The molecule has 0 bridgehead atoms. The minimum absolute atomic E-state index is 0.139. The van der Waals surface area contributed by atoms with Crippen LogP contribution in [0.1, 0.15) is 39.2 Å². The van der Waals surface area contributed by atoms with Crippen LogP contribution in [0.25, 0.3) is 0 Å². The van der Waals surface area contributed by atoms with E-state index in [1.165, 1.54) is 0 Å². The molecule has 0 aromatic heterocycles. The third-order valence-corrected chi connectivity index (χ3v) is 3.98. The van der Waals surface area contributed by atoms with Gasteiger partial charge >= 0.3 is 0 Å². The van der Waals surface area contributed by atoms with Gasteiger partial charge < -0.3 is 10.4 Å². The fourth-order valence-electron chi connectivity index (χ4n) is 2.01. The normalized spacial score (nSPS) is 12.3. The summed E-state index contributed by atoms with van der Waals surface area (Å²) in [7, 11) is 0. The predicted octanol–water partition coefficient (Wildman–Crippen LogP) is 4.10. The van der Waals surface area contributed by atoms with Crippen molar-refractivity contribution in [1.29, 1.82) is 5.26 Å². The molecular formula is C17H22N2O2. The summed E-state index contributed by atoms with van der Waals surface area (Å²) in [6.45, 7) is 7.61. The highest BCUT2D eigenvalue weighted by molar-refractivity contribution is 6.07. The molecule has 112 valence electrons. The first-order valence-corrected chi connectivity index (χ1v) is 7.09. The van der Waals surface area contributed by atoms with Gasteiger partial charge in [0.1, 0.15) is 11.8 Å². The summed E-state index contributed by atoms with van der Waals surface area (Å²) in [5.74, 6) is -0.714. The van der Waals surface area contributed by atoms with E-state index in [1.807, 2.05) is 52.0 Å². The predicted molar refractivity (Wildman–Crippen MR) is 83.8 cm³/mol. The third kappa shape index (κ3) is 3.85. The van der Waals surface area contributed by atoms with Crippen molar-refractivity contribution in [3.63, 3.8) is 0 Å². The zero-order chi connectivity index (χ0) is 16.0. The fraction of sp³-hybridized carbons (Fsp3) is 0.412. The van der Waals surface area contributed by atoms with E-state index in [2.05, 4.69) is 5.32 Å². The molecule has 0 atom stereocenters. The number of hydrogen-bond donors (Lipinski definition) is 2. The second-order valence-electron chi connectivity index (χ2n) is 5.43. The number of carbonyl (C=O) groups is 1. The van der Waals surface area contributed by atoms with Gasteiger partial charge in [-0.05, 0) is 37.5 Å². The number of aliphatic hydroxyl groups excluding tert-OH is 1. The Labute approximate surface area is 126 Å². The first-order valence-electron chi connectivity index (χ1n) is 7.09. The molecule has 0 aliphatic rings. The average molecular weight is 286 g/mol. The molecule has 1 amide bonds. The molecule has 0 fully saturated rings. The highest BCUT2D eigenvalue weighted by atomic mass is 16.3. The number of benzene rings is 1. The lowest BCUT2D eigenvalue weighted by Gasteiger charge is -2.26. The lowest BCUT2D eigenvalue weighted by atomic mass is 9.80. The number of amides is 1. The van der Waals surface area contributed by atoms with Crippen molar-refractivity contribution in [3.05, 3.63) is 41.2 Å². The van der Waals surface area contributed by atoms with Crippen LogP contribution < -0.4 is 5.32 Å². The number of rotatable bonds is 5. The van der Waals surface area contributed by atoms with E-state index in [-0.39, 0.29) is 11.3 Å². The van der Waals surface area contributed by atoms with Crippen LogP contribution in [0.5, 0.6) is 0 Å². The number of nitrogens with one attached hydrogen (secondary N) is 1. The molecule has 0 saturated carbocycles. The number of nitriles is 1. The Morgan fingerprint density at radius 1 is 1.38 bits per heavy atom. The van der Waals surface area contributed by atoms with Gasteiger partial charge in [-0.2, -0.15) is 5.26 Å². The second-order valence-corrected chi connectivity index (χ2v) is 5.43. The molecule has 0 aliphatic heterocycles. The molecule has 0 aliphatic carbocycles. The van der Waals surface area contributed by atoms with Crippen molar-refractivity contribution >= 4 is 11.6 Å². The minimum atomic E-state index is -0.575. The lowest BCUT2D eigenvalue weighted by molar-refractivity contribution is -0.112. The van der Waals surface area contributed by atoms with Crippen LogP contribution in [0.3, 0.4) is 0 Å². The van der Waals surface area contributed by atoms with Crippen LogP contribution in [0.15, 0.2) is 35.6 Å². The molecule has 21 heavy (non-hydrogen) atoms. The third-order valence-electron chi connectivity index (χ3n) is 3.98. The van der Waals surface area contributed by atoms with Crippen LogP contribution in [0.2, 0.25) is 0 Å². The molecule has 4 heteroatoms. The van der Waals surface area contributed by atoms with Gasteiger partial charge in [-0.1, -0.05) is 32.9 Å². The first kappa shape index (κ1) is 16.8. The molecular weight excluding hydrogens is 264 g/mol. The number of carbonyl (C=O) groups excluding carboxylic acids is 1. The van der Waals surface area contributed by atoms with Crippen molar-refractivity contribution in [2.45, 2.75) is 40.5 Å². The molecule has 0 saturated heterocycles. The van der Waals surface area contributed by atoms with E-state index in [4.69, 9.17) is 0 Å². The van der Waals surface area contributed by atoms with E-state index < -0.39 is 11.3 Å². The fourth-order valence-corrected chi connectivity index (χ4v) is 2.01. The maximum absolute atomic E-state index is 12.2. The van der Waals surface area contributed by atoms with Gasteiger partial charge in [0, 0.05) is 11.1 Å². The second kappa shape index (κ2) is 6.94. The van der Waals surface area contributed by atoms with Crippen LogP contribution in [0, 0.1) is 23.7 Å². The number of anilines is 1. The molecule has 4 nitrogen and oxygen atoms in total. The SMILES string of the molecule is CCC(C)(CC)/C(O)=C(\C#N)C(=O)Nc1cccc(C)c1. The lowest BCUT2D eigenvalue weighted by Crippen LogP contribution is -2.24. The van der Waals surface area contributed by atoms with Crippen LogP contribution in [-0.2, 0) is 4.79 Å². The van der Waals surface area contributed by atoms with Gasteiger partial charge in [0.25, 0.3) is 5.91 Å². The van der Waals surface area contributed by atoms with Crippen LogP contribution in [0.4, 0.5) is 5.69 Å². The molecule has 1 rings (SSSR count). The van der Waals surface area contributed by atoms with Crippen LogP contribution in [-0.4, -0.2) is 11.0 Å². The number of allylic oxidation sites excluding steroid dienone is 1. The molecule has 0 unspecified atom stereocenters. The summed E-state index contributed by atoms with van der Waals surface area (Å²) in [5.41, 5.74) is 0.832. The van der Waals surface area contributed by atoms with E-state index >= 15 is 0 Å². The molecule has 0 spiro atoms. The average Bonchev–Trinajstić information content (AvgIpc) is 2.47. The Kier molecular flexibility index (Phi) is 5.54. The van der Waals surface area contributed by atoms with Crippen molar-refractivity contribution in [2.24, 2.45) is 5.41 Å². The van der Waals surface area contributed by atoms with Gasteiger partial charge in [0.15, 0.2) is 5.57 Å². The molecule has 0 heterocycles. The van der Waals surface area contributed by atoms with Gasteiger partial charge in [-0.3, -0.25) is 4.79 Å². The summed E-state index contributed by atoms with van der Waals surface area (Å²) in [6, 6.07) is 9.12. The number of aliphatic hydroxyl groups is 1. The standard InChI is InChI=1S/C17H22N2O2/c1-5-17(4,6-2)15(20)14(11-18)16(21)19-13-9-7-8-12(3)10-13/h7-10,20H,5-6H2,1-4H3,(H,19,21)/b15-14-. The zero-order valence-electron chi connectivity index (χ0n) is 13.0. The first-order chi connectivity index (χ1) is 9.87. The van der Waals surface area contributed by atoms with Crippen LogP contribution >= 0.6 is 0 Å². The van der Waals surface area contributed by atoms with Gasteiger partial charge in [-0.15, -0.1) is 0 Å². The largest absolute Gasteiger partial charge is 0.510 e. The maximum atomic E-state index is 12.2. The Hall–Kier alpha value is -2.28. The van der Waals surface area contributed by atoms with Crippen molar-refractivity contribution < 1.29 is 9.90 Å². The van der Waals surface area contributed by atoms with Gasteiger partial charge in [0.05, 0.1) is 0 Å². The van der Waals surface area contributed by atoms with E-state index in [0.717, 1.165) is 5.56 Å². The highest BCUT2D eigenvalue weighted by Gasteiger charge is 2.30. The smallest absolute Gasteiger partial charge is 0.269 e. The van der Waals surface area contributed by atoms with Crippen molar-refractivity contribution in [3.8, 4) is 6.07 Å². The quantitative estimate of drug-likeness (QED) is 0.486. The zero-order valence-corrected chi connectivity index (χ0v) is 13.0. The molecule has 1 aromatic rings. The number of aryl methyl sites for hydroxylation is 1. The summed E-state index contributed by atoms with van der Waals surface area (Å²) in [6.07, 6.45) is 1.30. The Morgan fingerprint density at radius 3 is 2.48 bits per heavy atom. The number of hydrogen-bond acceptors (Lipinski definition) is 3. The molecule has 1 aromatic carbocycles. The summed E-state index contributed by atoms with van der Waals surface area (Å²) in [5, 5.41) is 22.2. The van der Waals surface area contributed by atoms with E-state index in [9.17, 15) is 15.2 Å². The summed E-state index contributed by atoms with van der Waals surface area (Å²) < 4.78 is 0. The highest BCUT2D eigenvalue weighted by Crippen LogP contribution is 2.34. The van der Waals surface area contributed by atoms with Gasteiger partial charge in [-0.25, -0.2) is 0 Å². The minimum Gasteiger partial charge on any atom is -0.510 e.